The van der Waals surface area contributed by atoms with Gasteiger partial charge < -0.3 is 9.80 Å². The predicted molar refractivity (Wildman–Crippen MR) is 125 cm³/mol. The molecular formula is C24H31N7O. The molecule has 2 heterocycles. The first-order chi connectivity index (χ1) is 15.6. The molecule has 1 saturated heterocycles. The zero-order valence-corrected chi connectivity index (χ0v) is 19.1. The number of carbonyl (C=O) groups excluding carboxylic acids is 1. The van der Waals surface area contributed by atoms with Crippen LogP contribution in [-0.4, -0.2) is 74.7 Å². The smallest absolute Gasteiger partial charge is 0.253 e. The van der Waals surface area contributed by atoms with Crippen LogP contribution in [0.4, 0.5) is 5.95 Å². The number of rotatable bonds is 7. The van der Waals surface area contributed by atoms with Crippen LogP contribution in [0.5, 0.6) is 0 Å². The Hall–Kier alpha value is -3.26. The molecule has 1 aliphatic rings. The van der Waals surface area contributed by atoms with Crippen LogP contribution in [0, 0.1) is 0 Å². The number of nitrogens with zero attached hydrogens (tertiary/aromatic N) is 7. The maximum atomic E-state index is 13.0. The van der Waals surface area contributed by atoms with Gasteiger partial charge in [-0.3, -0.25) is 9.69 Å². The van der Waals surface area contributed by atoms with Crippen molar-refractivity contribution >= 4 is 11.9 Å². The van der Waals surface area contributed by atoms with E-state index in [9.17, 15) is 4.79 Å². The second-order valence-electron chi connectivity index (χ2n) is 8.36. The van der Waals surface area contributed by atoms with E-state index in [1.165, 1.54) is 5.56 Å². The number of para-hydroxylation sites is 1. The third kappa shape index (κ3) is 4.80. The van der Waals surface area contributed by atoms with Gasteiger partial charge in [0.15, 0.2) is 0 Å². The van der Waals surface area contributed by atoms with E-state index >= 15 is 0 Å². The molecule has 1 aromatic heterocycles. The Morgan fingerprint density at radius 3 is 2.31 bits per heavy atom. The van der Waals surface area contributed by atoms with Crippen LogP contribution >= 0.6 is 0 Å². The Labute approximate surface area is 189 Å². The Morgan fingerprint density at radius 1 is 1.00 bits per heavy atom. The molecule has 4 rings (SSSR count). The summed E-state index contributed by atoms with van der Waals surface area (Å²) in [5, 5.41) is 12.2. The van der Waals surface area contributed by atoms with E-state index in [0.717, 1.165) is 24.3 Å². The van der Waals surface area contributed by atoms with Crippen molar-refractivity contribution in [2.24, 2.45) is 0 Å². The van der Waals surface area contributed by atoms with Crippen molar-refractivity contribution in [1.29, 1.82) is 0 Å². The fraction of sp³-hybridized carbons (Fsp3) is 0.417. The second kappa shape index (κ2) is 9.91. The van der Waals surface area contributed by atoms with Gasteiger partial charge in [0.25, 0.3) is 5.91 Å². The third-order valence-electron chi connectivity index (χ3n) is 6.03. The highest BCUT2D eigenvalue weighted by Crippen LogP contribution is 2.18. The van der Waals surface area contributed by atoms with Crippen LogP contribution in [-0.2, 0) is 6.54 Å². The third-order valence-corrected chi connectivity index (χ3v) is 6.03. The fourth-order valence-electron chi connectivity index (χ4n) is 4.05. The monoisotopic (exact) mass is 433 g/mol. The minimum Gasteiger partial charge on any atom is -0.336 e. The first-order valence-electron chi connectivity index (χ1n) is 11.3. The first kappa shape index (κ1) is 22.0. The quantitative estimate of drug-likeness (QED) is 0.571. The van der Waals surface area contributed by atoms with Crippen LogP contribution in [0.25, 0.3) is 5.69 Å². The van der Waals surface area contributed by atoms with Gasteiger partial charge in [0.05, 0.1) is 5.69 Å². The van der Waals surface area contributed by atoms with Crippen molar-refractivity contribution in [3.05, 3.63) is 65.7 Å². The SMILES string of the molecule is CCN(Cc1ccc(C(=O)N2CCN(c3nnnn3-c3ccccc3)CC2)cc1)C(C)C. The highest BCUT2D eigenvalue weighted by molar-refractivity contribution is 5.94. The van der Waals surface area contributed by atoms with Crippen molar-refractivity contribution in [2.75, 3.05) is 37.6 Å². The van der Waals surface area contributed by atoms with E-state index in [4.69, 9.17) is 0 Å². The lowest BCUT2D eigenvalue weighted by Crippen LogP contribution is -2.49. The predicted octanol–water partition coefficient (Wildman–Crippen LogP) is 2.86. The summed E-state index contributed by atoms with van der Waals surface area (Å²) in [6.45, 7) is 11.2. The van der Waals surface area contributed by atoms with Crippen LogP contribution < -0.4 is 4.90 Å². The molecule has 0 spiro atoms. The molecule has 1 amide bonds. The summed E-state index contributed by atoms with van der Waals surface area (Å²) < 4.78 is 1.74. The van der Waals surface area contributed by atoms with E-state index in [2.05, 4.69) is 58.2 Å². The van der Waals surface area contributed by atoms with Crippen LogP contribution in [0.1, 0.15) is 36.7 Å². The van der Waals surface area contributed by atoms with Gasteiger partial charge in [-0.2, -0.15) is 4.68 Å². The number of tetrazole rings is 1. The van der Waals surface area contributed by atoms with Gasteiger partial charge in [-0.25, -0.2) is 0 Å². The largest absolute Gasteiger partial charge is 0.336 e. The van der Waals surface area contributed by atoms with Crippen molar-refractivity contribution < 1.29 is 4.79 Å². The number of carbonyl (C=O) groups is 1. The summed E-state index contributed by atoms with van der Waals surface area (Å²) in [4.78, 5) is 19.5. The van der Waals surface area contributed by atoms with Gasteiger partial charge in [-0.1, -0.05) is 42.4 Å². The summed E-state index contributed by atoms with van der Waals surface area (Å²) in [7, 11) is 0. The number of piperazine rings is 1. The average Bonchev–Trinajstić information content (AvgIpc) is 3.33. The van der Waals surface area contributed by atoms with Gasteiger partial charge in [-0.05, 0) is 60.6 Å². The number of benzene rings is 2. The number of hydrogen-bond acceptors (Lipinski definition) is 6. The molecule has 2 aromatic carbocycles. The molecule has 0 bridgehead atoms. The van der Waals surface area contributed by atoms with Crippen molar-refractivity contribution in [3.8, 4) is 5.69 Å². The Bertz CT molecular complexity index is 1010. The van der Waals surface area contributed by atoms with Crippen molar-refractivity contribution in [1.82, 2.24) is 30.0 Å². The molecular weight excluding hydrogens is 402 g/mol. The minimum absolute atomic E-state index is 0.0788. The lowest BCUT2D eigenvalue weighted by molar-refractivity contribution is 0.0746. The second-order valence-corrected chi connectivity index (χ2v) is 8.36. The minimum atomic E-state index is 0.0788. The highest BCUT2D eigenvalue weighted by atomic mass is 16.2. The Kier molecular flexibility index (Phi) is 6.80. The molecule has 1 aliphatic heterocycles. The lowest BCUT2D eigenvalue weighted by atomic mass is 10.1. The molecule has 0 unspecified atom stereocenters. The Morgan fingerprint density at radius 2 is 1.69 bits per heavy atom. The van der Waals surface area contributed by atoms with Gasteiger partial charge in [0.1, 0.15) is 0 Å². The number of hydrogen-bond donors (Lipinski definition) is 0. The zero-order chi connectivity index (χ0) is 22.5. The summed E-state index contributed by atoms with van der Waals surface area (Å²) in [6.07, 6.45) is 0. The van der Waals surface area contributed by atoms with Crippen LogP contribution in [0.3, 0.4) is 0 Å². The summed E-state index contributed by atoms with van der Waals surface area (Å²) >= 11 is 0. The van der Waals surface area contributed by atoms with Gasteiger partial charge in [-0.15, -0.1) is 0 Å². The van der Waals surface area contributed by atoms with Crippen LogP contribution in [0.2, 0.25) is 0 Å². The normalized spacial score (nSPS) is 14.4. The highest BCUT2D eigenvalue weighted by Gasteiger charge is 2.25. The van der Waals surface area contributed by atoms with Gasteiger partial charge >= 0.3 is 0 Å². The van der Waals surface area contributed by atoms with Gasteiger partial charge in [0.2, 0.25) is 5.95 Å². The van der Waals surface area contributed by atoms with E-state index in [1.807, 2.05) is 47.4 Å². The molecule has 8 nitrogen and oxygen atoms in total. The lowest BCUT2D eigenvalue weighted by Gasteiger charge is -2.34. The number of anilines is 1. The molecule has 0 N–H and O–H groups in total. The summed E-state index contributed by atoms with van der Waals surface area (Å²) in [6, 6.07) is 18.4. The van der Waals surface area contributed by atoms with Crippen molar-refractivity contribution in [2.45, 2.75) is 33.4 Å². The topological polar surface area (TPSA) is 70.4 Å². The molecule has 8 heteroatoms. The standard InChI is InChI=1S/C24H31N7O/c1-4-28(19(2)3)18-20-10-12-21(13-11-20)23(32)29-14-16-30(17-15-29)24-25-26-27-31(24)22-8-6-5-7-9-22/h5-13,19H,4,14-18H2,1-3H3. The van der Waals surface area contributed by atoms with Crippen molar-refractivity contribution in [3.63, 3.8) is 0 Å². The van der Waals surface area contributed by atoms with E-state index in [1.54, 1.807) is 4.68 Å². The van der Waals surface area contributed by atoms with E-state index in [-0.39, 0.29) is 5.91 Å². The molecule has 168 valence electrons. The maximum Gasteiger partial charge on any atom is 0.253 e. The van der Waals surface area contributed by atoms with Gasteiger partial charge in [0, 0.05) is 44.3 Å². The maximum absolute atomic E-state index is 13.0. The number of amides is 1. The Balaban J connectivity index is 1.37. The van der Waals surface area contributed by atoms with E-state index in [0.29, 0.717) is 38.2 Å². The molecule has 0 saturated carbocycles. The molecule has 32 heavy (non-hydrogen) atoms. The molecule has 0 radical (unpaired) electrons. The summed E-state index contributed by atoms with van der Waals surface area (Å²) in [5.74, 6) is 0.786. The molecule has 0 atom stereocenters. The molecule has 0 aliphatic carbocycles. The summed E-state index contributed by atoms with van der Waals surface area (Å²) in [5.41, 5.74) is 2.89. The van der Waals surface area contributed by atoms with E-state index < -0.39 is 0 Å². The fourth-order valence-corrected chi connectivity index (χ4v) is 4.05. The first-order valence-corrected chi connectivity index (χ1v) is 11.3. The molecule has 3 aromatic rings. The number of aromatic nitrogens is 4. The van der Waals surface area contributed by atoms with Crippen LogP contribution in [0.15, 0.2) is 54.6 Å². The molecule has 1 fully saturated rings. The zero-order valence-electron chi connectivity index (χ0n) is 19.1. The average molecular weight is 434 g/mol.